The molecule has 36 heavy (non-hydrogen) atoms. The van der Waals surface area contributed by atoms with Gasteiger partial charge in [0.2, 0.25) is 5.91 Å². The third kappa shape index (κ3) is 4.78. The van der Waals surface area contributed by atoms with Crippen molar-refractivity contribution in [1.29, 1.82) is 5.26 Å². The number of carboxylic acid groups (broad SMARTS) is 1. The Morgan fingerprint density at radius 3 is 2.83 bits per heavy atom. The standard InChI is InChI=1S/C19H18N6O7S4/c1-8-22-23-18(36-8)35-5-9-4-34-17-19(31-2,16(30)25(17)13(9)15(28)29)21-12(26)7-33-6-11-10(3-20)14(27)24-32-11/h17H,4-7H2,1-2H3,(H,21,26)(H,24,27)(H,28,29)/t17-,19+/m1/s1. The lowest BCUT2D eigenvalue weighted by molar-refractivity contribution is -0.192. The fraction of sp³-hybridized carbons (Fsp3) is 0.421. The van der Waals surface area contributed by atoms with Crippen molar-refractivity contribution >= 4 is 64.4 Å². The lowest BCUT2D eigenvalue weighted by Gasteiger charge is -2.55. The Hall–Kier alpha value is -2.78. The lowest BCUT2D eigenvalue weighted by atomic mass is 9.98. The van der Waals surface area contributed by atoms with Gasteiger partial charge < -0.3 is 19.7 Å². The summed E-state index contributed by atoms with van der Waals surface area (Å²) in [6.45, 7) is 1.82. The molecule has 0 radical (unpaired) electrons. The van der Waals surface area contributed by atoms with Gasteiger partial charge in [0.15, 0.2) is 15.7 Å². The van der Waals surface area contributed by atoms with E-state index in [4.69, 9.17) is 14.5 Å². The summed E-state index contributed by atoms with van der Waals surface area (Å²) < 4.78 is 11.1. The molecular weight excluding hydrogens is 553 g/mol. The fourth-order valence-corrected chi connectivity index (χ4v) is 7.71. The van der Waals surface area contributed by atoms with Crippen LogP contribution in [-0.4, -0.2) is 78.6 Å². The number of β-lactam (4-membered cyclic amide) rings is 1. The Kier molecular flexibility index (Phi) is 7.80. The molecule has 17 heteroatoms. The molecule has 0 bridgehead atoms. The summed E-state index contributed by atoms with van der Waals surface area (Å²) >= 11 is 5.10. The molecule has 0 spiro atoms. The average Bonchev–Trinajstić information content (AvgIpc) is 3.44. The third-order valence-electron chi connectivity index (χ3n) is 5.19. The second-order valence-electron chi connectivity index (χ2n) is 7.40. The minimum Gasteiger partial charge on any atom is -0.477 e. The van der Waals surface area contributed by atoms with E-state index in [1.165, 1.54) is 42.0 Å². The first-order valence-electron chi connectivity index (χ1n) is 10.1. The second-order valence-corrected chi connectivity index (χ2v) is 11.9. The molecule has 1 fully saturated rings. The molecule has 0 aromatic carbocycles. The summed E-state index contributed by atoms with van der Waals surface area (Å²) in [6, 6.07) is 1.74. The first kappa shape index (κ1) is 26.3. The van der Waals surface area contributed by atoms with Crippen molar-refractivity contribution in [2.75, 3.05) is 24.4 Å². The van der Waals surface area contributed by atoms with Gasteiger partial charge >= 0.3 is 5.97 Å². The first-order valence-corrected chi connectivity index (χ1v) is 14.1. The number of carboxylic acids is 1. The topological polar surface area (TPSA) is 192 Å². The molecule has 2 aliphatic heterocycles. The summed E-state index contributed by atoms with van der Waals surface area (Å²) in [4.78, 5) is 50.5. The van der Waals surface area contributed by atoms with Gasteiger partial charge in [0, 0.05) is 18.6 Å². The van der Waals surface area contributed by atoms with E-state index in [-0.39, 0.29) is 28.5 Å². The Morgan fingerprint density at radius 1 is 1.42 bits per heavy atom. The Balaban J connectivity index is 1.42. The molecule has 2 amide bonds. The maximum Gasteiger partial charge on any atom is 0.352 e. The van der Waals surface area contributed by atoms with E-state index < -0.39 is 34.4 Å². The Labute approximate surface area is 220 Å². The average molecular weight is 571 g/mol. The van der Waals surface area contributed by atoms with Gasteiger partial charge in [0.05, 0.1) is 11.5 Å². The molecule has 2 aromatic rings. The van der Waals surface area contributed by atoms with Crippen LogP contribution >= 0.6 is 46.6 Å². The van der Waals surface area contributed by atoms with Gasteiger partial charge in [0.25, 0.3) is 17.2 Å². The molecule has 0 aliphatic carbocycles. The Morgan fingerprint density at radius 2 is 2.19 bits per heavy atom. The number of carbonyl (C=O) groups excluding carboxylic acids is 2. The number of nitriles is 1. The monoisotopic (exact) mass is 570 g/mol. The van der Waals surface area contributed by atoms with Crippen molar-refractivity contribution in [3.63, 3.8) is 0 Å². The molecule has 0 saturated carbocycles. The highest BCUT2D eigenvalue weighted by molar-refractivity contribution is 8.02. The van der Waals surface area contributed by atoms with Gasteiger partial charge in [-0.15, -0.1) is 33.7 Å². The predicted octanol–water partition coefficient (Wildman–Crippen LogP) is 0.738. The van der Waals surface area contributed by atoms with E-state index in [2.05, 4.69) is 20.7 Å². The van der Waals surface area contributed by atoms with Crippen LogP contribution in [0.1, 0.15) is 16.3 Å². The minimum absolute atomic E-state index is 0.0777. The number of H-pyrrole nitrogens is 1. The minimum atomic E-state index is -1.71. The van der Waals surface area contributed by atoms with Crippen LogP contribution in [0.3, 0.4) is 0 Å². The van der Waals surface area contributed by atoms with Crippen LogP contribution < -0.4 is 10.9 Å². The van der Waals surface area contributed by atoms with E-state index >= 15 is 0 Å². The second kappa shape index (κ2) is 10.7. The van der Waals surface area contributed by atoms with Gasteiger partial charge in [0.1, 0.15) is 22.1 Å². The molecule has 3 N–H and O–H groups in total. The first-order chi connectivity index (χ1) is 17.2. The van der Waals surface area contributed by atoms with Crippen LogP contribution in [0, 0.1) is 18.3 Å². The molecule has 2 atom stereocenters. The van der Waals surface area contributed by atoms with Crippen LogP contribution in [0.2, 0.25) is 0 Å². The molecule has 4 heterocycles. The highest BCUT2D eigenvalue weighted by Crippen LogP contribution is 2.47. The number of rotatable bonds is 10. The Bertz CT molecular complexity index is 1340. The van der Waals surface area contributed by atoms with Gasteiger partial charge in [-0.1, -0.05) is 23.1 Å². The van der Waals surface area contributed by atoms with E-state index in [1.807, 2.05) is 6.92 Å². The number of aromatic nitrogens is 3. The molecule has 0 unspecified atom stereocenters. The lowest BCUT2D eigenvalue weighted by Crippen LogP contribution is -2.80. The van der Waals surface area contributed by atoms with Crippen LogP contribution in [0.4, 0.5) is 0 Å². The van der Waals surface area contributed by atoms with Crippen LogP contribution in [0.25, 0.3) is 0 Å². The summed E-state index contributed by atoms with van der Waals surface area (Å²) in [5.41, 5.74) is -2.09. The van der Waals surface area contributed by atoms with E-state index in [1.54, 1.807) is 6.07 Å². The third-order valence-corrected chi connectivity index (χ3v) is 9.55. The van der Waals surface area contributed by atoms with Crippen molar-refractivity contribution in [2.24, 2.45) is 0 Å². The number of nitrogens with zero attached hydrogens (tertiary/aromatic N) is 4. The molecule has 2 aliphatic rings. The number of carbonyl (C=O) groups is 3. The number of amides is 2. The van der Waals surface area contributed by atoms with Crippen LogP contribution in [-0.2, 0) is 24.9 Å². The summed E-state index contributed by atoms with van der Waals surface area (Å²) in [5, 5.41) is 31.5. The number of aryl methyl sites for hydroxylation is 1. The molecule has 13 nitrogen and oxygen atoms in total. The quantitative estimate of drug-likeness (QED) is 0.206. The normalized spacial score (nSPS) is 21.1. The molecule has 1 saturated heterocycles. The van der Waals surface area contributed by atoms with Crippen molar-refractivity contribution in [3.8, 4) is 6.07 Å². The van der Waals surface area contributed by atoms with Gasteiger partial charge in [-0.3, -0.25) is 19.3 Å². The zero-order chi connectivity index (χ0) is 26.0. The summed E-state index contributed by atoms with van der Waals surface area (Å²) in [7, 11) is 1.27. The molecular formula is C19H18N6O7S4. The molecule has 190 valence electrons. The smallest absolute Gasteiger partial charge is 0.352 e. The van der Waals surface area contributed by atoms with E-state index in [0.29, 0.717) is 21.4 Å². The molecule has 4 rings (SSSR count). The van der Waals surface area contributed by atoms with Crippen molar-refractivity contribution in [1.82, 2.24) is 25.6 Å². The summed E-state index contributed by atoms with van der Waals surface area (Å²) in [5.74, 6) is -1.76. The number of hydrogen-bond acceptors (Lipinski definition) is 13. The maximum atomic E-state index is 13.2. The van der Waals surface area contributed by atoms with Crippen molar-refractivity contribution in [2.45, 2.75) is 28.1 Å². The number of methoxy groups -OCH3 is 1. The van der Waals surface area contributed by atoms with Crippen LogP contribution in [0.5, 0.6) is 0 Å². The number of aliphatic carboxylic acids is 1. The van der Waals surface area contributed by atoms with Crippen molar-refractivity contribution < 1.29 is 28.8 Å². The van der Waals surface area contributed by atoms with Gasteiger partial charge in [-0.2, -0.15) is 10.4 Å². The van der Waals surface area contributed by atoms with E-state index in [0.717, 1.165) is 21.7 Å². The number of aromatic amines is 1. The zero-order valence-electron chi connectivity index (χ0n) is 18.7. The largest absolute Gasteiger partial charge is 0.477 e. The summed E-state index contributed by atoms with van der Waals surface area (Å²) in [6.07, 6.45) is 0. The van der Waals surface area contributed by atoms with Crippen molar-refractivity contribution in [3.05, 3.63) is 38.0 Å². The number of nitrogens with one attached hydrogen (secondary N) is 2. The number of thioether (sulfide) groups is 3. The van der Waals surface area contributed by atoms with Gasteiger partial charge in [-0.05, 0) is 12.5 Å². The fourth-order valence-electron chi connectivity index (χ4n) is 3.57. The predicted molar refractivity (Wildman–Crippen MR) is 131 cm³/mol. The number of ether oxygens (including phenoxy) is 1. The van der Waals surface area contributed by atoms with Gasteiger partial charge in [-0.25, -0.2) is 4.79 Å². The highest BCUT2D eigenvalue weighted by atomic mass is 32.2. The maximum absolute atomic E-state index is 13.2. The SMILES string of the molecule is CO[C@@]1(NC(=O)CSCc2o[nH]c(=O)c2C#N)C(=O)N2C(C(=O)O)=C(CSc3nnc(C)s3)CS[C@@H]21. The number of fused-ring (bicyclic) bond motifs is 1. The molecule has 2 aromatic heterocycles. The number of hydrogen-bond donors (Lipinski definition) is 3. The van der Waals surface area contributed by atoms with Crippen LogP contribution in [0.15, 0.2) is 24.9 Å². The highest BCUT2D eigenvalue weighted by Gasteiger charge is 2.66. The zero-order valence-corrected chi connectivity index (χ0v) is 22.0. The van der Waals surface area contributed by atoms with E-state index in [9.17, 15) is 24.3 Å².